The van der Waals surface area contributed by atoms with E-state index in [4.69, 9.17) is 9.47 Å². The first-order valence-corrected chi connectivity index (χ1v) is 9.37. The van der Waals surface area contributed by atoms with Gasteiger partial charge >= 0.3 is 0 Å². The molecule has 0 unspecified atom stereocenters. The van der Waals surface area contributed by atoms with Gasteiger partial charge in [0, 0.05) is 12.7 Å². The predicted molar refractivity (Wildman–Crippen MR) is 104 cm³/mol. The van der Waals surface area contributed by atoms with Crippen LogP contribution in [0.15, 0.2) is 53.7 Å². The number of halogens is 1. The van der Waals surface area contributed by atoms with E-state index in [0.717, 1.165) is 5.75 Å². The fourth-order valence-corrected chi connectivity index (χ4v) is 3.01. The molecule has 0 saturated heterocycles. The topological polar surface area (TPSA) is 78.3 Å². The van der Waals surface area contributed by atoms with Gasteiger partial charge in [-0.25, -0.2) is 4.39 Å². The number of hydrogen-bond acceptors (Lipinski definition) is 6. The van der Waals surface area contributed by atoms with Gasteiger partial charge in [-0.3, -0.25) is 4.79 Å². The molecular formula is C19H19FN4O3S. The van der Waals surface area contributed by atoms with Crippen LogP contribution in [-0.4, -0.2) is 33.5 Å². The Labute approximate surface area is 165 Å². The number of thioether (sulfide) groups is 1. The highest BCUT2D eigenvalue weighted by molar-refractivity contribution is 7.99. The number of aromatic nitrogens is 3. The minimum atomic E-state index is -0.351. The molecule has 1 N–H and O–H groups in total. The van der Waals surface area contributed by atoms with Crippen molar-refractivity contribution >= 4 is 23.4 Å². The average molecular weight is 402 g/mol. The van der Waals surface area contributed by atoms with Crippen molar-refractivity contribution in [1.29, 1.82) is 0 Å². The summed E-state index contributed by atoms with van der Waals surface area (Å²) in [5.74, 6) is 1.67. The maximum atomic E-state index is 12.9. The summed E-state index contributed by atoms with van der Waals surface area (Å²) in [6, 6.07) is 12.8. The van der Waals surface area contributed by atoms with Crippen LogP contribution in [0.3, 0.4) is 0 Å². The van der Waals surface area contributed by atoms with Crippen molar-refractivity contribution in [2.24, 2.45) is 7.05 Å². The van der Waals surface area contributed by atoms with Gasteiger partial charge in [-0.15, -0.1) is 10.2 Å². The third-order valence-corrected chi connectivity index (χ3v) is 4.83. The van der Waals surface area contributed by atoms with E-state index in [1.54, 1.807) is 11.7 Å². The second-order valence-corrected chi connectivity index (χ2v) is 6.71. The molecule has 9 heteroatoms. The van der Waals surface area contributed by atoms with Crippen LogP contribution in [0.5, 0.6) is 11.5 Å². The van der Waals surface area contributed by atoms with Crippen molar-refractivity contribution in [3.63, 3.8) is 0 Å². The number of carbonyl (C=O) groups excluding carboxylic acids is 1. The Bertz CT molecular complexity index is 929. The number of nitrogens with zero attached hydrogens (tertiary/aromatic N) is 3. The van der Waals surface area contributed by atoms with Gasteiger partial charge in [-0.05, 0) is 48.5 Å². The highest BCUT2D eigenvalue weighted by Gasteiger charge is 2.12. The molecule has 0 radical (unpaired) electrons. The summed E-state index contributed by atoms with van der Waals surface area (Å²) in [6.07, 6.45) is 0. The molecule has 0 aliphatic rings. The van der Waals surface area contributed by atoms with E-state index < -0.39 is 0 Å². The molecule has 2 aromatic carbocycles. The SMILES string of the molecule is COc1ccc(OCc2nnc(SCC(=O)Nc3ccc(F)cc3)n2C)cc1. The summed E-state index contributed by atoms with van der Waals surface area (Å²) in [5, 5.41) is 11.5. The average Bonchev–Trinajstić information content (AvgIpc) is 3.06. The van der Waals surface area contributed by atoms with Crippen molar-refractivity contribution < 1.29 is 18.7 Å². The van der Waals surface area contributed by atoms with Gasteiger partial charge in [0.1, 0.15) is 23.9 Å². The Balaban J connectivity index is 1.50. The lowest BCUT2D eigenvalue weighted by atomic mass is 10.3. The maximum absolute atomic E-state index is 12.9. The minimum absolute atomic E-state index is 0.155. The van der Waals surface area contributed by atoms with Crippen LogP contribution < -0.4 is 14.8 Å². The van der Waals surface area contributed by atoms with Crippen LogP contribution >= 0.6 is 11.8 Å². The standard InChI is InChI=1S/C19H19FN4O3S/c1-24-17(11-27-16-9-7-15(26-2)8-10-16)22-23-19(24)28-12-18(25)21-14-5-3-13(20)4-6-14/h3-10H,11-12H2,1-2H3,(H,21,25). The second-order valence-electron chi connectivity index (χ2n) is 5.77. The Hall–Kier alpha value is -3.07. The molecule has 7 nitrogen and oxygen atoms in total. The van der Waals surface area contributed by atoms with Gasteiger partial charge in [0.25, 0.3) is 0 Å². The molecule has 0 aliphatic carbocycles. The van der Waals surface area contributed by atoms with Crippen LogP contribution in [0, 0.1) is 5.82 Å². The molecule has 0 fully saturated rings. The Morgan fingerprint density at radius 2 is 1.79 bits per heavy atom. The quantitative estimate of drug-likeness (QED) is 0.583. The summed E-state index contributed by atoms with van der Waals surface area (Å²) in [6.45, 7) is 0.248. The summed E-state index contributed by atoms with van der Waals surface area (Å²) in [5.41, 5.74) is 0.540. The number of carbonyl (C=O) groups is 1. The first-order chi connectivity index (χ1) is 13.5. The highest BCUT2D eigenvalue weighted by Crippen LogP contribution is 2.20. The lowest BCUT2D eigenvalue weighted by Gasteiger charge is -2.07. The Morgan fingerprint density at radius 3 is 2.46 bits per heavy atom. The molecule has 3 rings (SSSR count). The molecule has 0 atom stereocenters. The predicted octanol–water partition coefficient (Wildman–Crippen LogP) is 3.27. The number of methoxy groups -OCH3 is 1. The zero-order valence-corrected chi connectivity index (χ0v) is 16.2. The van der Waals surface area contributed by atoms with E-state index in [9.17, 15) is 9.18 Å². The number of nitrogens with one attached hydrogen (secondary N) is 1. The van der Waals surface area contributed by atoms with Gasteiger partial charge in [-0.2, -0.15) is 0 Å². The summed E-state index contributed by atoms with van der Waals surface area (Å²) < 4.78 is 25.5. The van der Waals surface area contributed by atoms with Crippen molar-refractivity contribution in [2.45, 2.75) is 11.8 Å². The number of anilines is 1. The van der Waals surface area contributed by atoms with Gasteiger partial charge in [0.15, 0.2) is 11.0 Å². The van der Waals surface area contributed by atoms with Crippen LogP contribution in [0.4, 0.5) is 10.1 Å². The molecular weight excluding hydrogens is 383 g/mol. The third kappa shape index (κ3) is 5.23. The van der Waals surface area contributed by atoms with Crippen LogP contribution in [0.1, 0.15) is 5.82 Å². The Kier molecular flexibility index (Phi) is 6.49. The van der Waals surface area contributed by atoms with E-state index in [1.807, 2.05) is 31.3 Å². The smallest absolute Gasteiger partial charge is 0.234 e. The number of amides is 1. The molecule has 28 heavy (non-hydrogen) atoms. The number of hydrogen-bond donors (Lipinski definition) is 1. The van der Waals surface area contributed by atoms with Crippen molar-refractivity contribution in [3.05, 3.63) is 60.2 Å². The van der Waals surface area contributed by atoms with Crippen LogP contribution in [0.25, 0.3) is 0 Å². The van der Waals surface area contributed by atoms with Crippen molar-refractivity contribution in [2.75, 3.05) is 18.2 Å². The van der Waals surface area contributed by atoms with Crippen molar-refractivity contribution in [1.82, 2.24) is 14.8 Å². The summed E-state index contributed by atoms with van der Waals surface area (Å²) in [7, 11) is 3.42. The fraction of sp³-hybridized carbons (Fsp3) is 0.211. The zero-order chi connectivity index (χ0) is 19.9. The van der Waals surface area contributed by atoms with Gasteiger partial charge in [0.2, 0.25) is 5.91 Å². The number of ether oxygens (including phenoxy) is 2. The lowest BCUT2D eigenvalue weighted by molar-refractivity contribution is -0.113. The normalized spacial score (nSPS) is 10.5. The van der Waals surface area contributed by atoms with Crippen LogP contribution in [-0.2, 0) is 18.4 Å². The summed E-state index contributed by atoms with van der Waals surface area (Å²) in [4.78, 5) is 12.0. The van der Waals surface area contributed by atoms with Crippen molar-refractivity contribution in [3.8, 4) is 11.5 Å². The van der Waals surface area contributed by atoms with Gasteiger partial charge in [-0.1, -0.05) is 11.8 Å². The van der Waals surface area contributed by atoms with E-state index in [0.29, 0.717) is 22.4 Å². The minimum Gasteiger partial charge on any atom is -0.497 e. The van der Waals surface area contributed by atoms with Gasteiger partial charge < -0.3 is 19.4 Å². The van der Waals surface area contributed by atoms with Gasteiger partial charge in [0.05, 0.1) is 12.9 Å². The third-order valence-electron chi connectivity index (χ3n) is 3.81. The molecule has 0 spiro atoms. The number of rotatable bonds is 8. The van der Waals surface area contributed by atoms with Crippen LogP contribution in [0.2, 0.25) is 0 Å². The highest BCUT2D eigenvalue weighted by atomic mass is 32.2. The molecule has 0 bridgehead atoms. The van der Waals surface area contributed by atoms with E-state index >= 15 is 0 Å². The zero-order valence-electron chi connectivity index (χ0n) is 15.4. The molecule has 1 aromatic heterocycles. The molecule has 3 aromatic rings. The molecule has 0 aliphatic heterocycles. The largest absolute Gasteiger partial charge is 0.497 e. The monoisotopic (exact) mass is 402 g/mol. The second kappa shape index (κ2) is 9.23. The molecule has 0 saturated carbocycles. The Morgan fingerprint density at radius 1 is 1.11 bits per heavy atom. The van der Waals surface area contributed by atoms with E-state index in [-0.39, 0.29) is 24.1 Å². The molecule has 1 heterocycles. The first-order valence-electron chi connectivity index (χ1n) is 8.38. The van der Waals surface area contributed by atoms with E-state index in [2.05, 4.69) is 15.5 Å². The lowest BCUT2D eigenvalue weighted by Crippen LogP contribution is -2.14. The maximum Gasteiger partial charge on any atom is 0.234 e. The molecule has 1 amide bonds. The first kappa shape index (κ1) is 19.7. The van der Waals surface area contributed by atoms with E-state index in [1.165, 1.54) is 36.0 Å². The summed E-state index contributed by atoms with van der Waals surface area (Å²) >= 11 is 1.26. The fourth-order valence-electron chi connectivity index (χ4n) is 2.28. The number of benzene rings is 2. The molecule has 146 valence electrons.